The van der Waals surface area contributed by atoms with Crippen LogP contribution in [0.1, 0.15) is 45.5 Å². The Kier molecular flexibility index (Phi) is 5.94. The Bertz CT molecular complexity index is 1370. The third-order valence-electron chi connectivity index (χ3n) is 8.83. The molecule has 4 aliphatic heterocycles. The van der Waals surface area contributed by atoms with Gasteiger partial charge in [-0.05, 0) is 44.9 Å². The first kappa shape index (κ1) is 24.9. The van der Waals surface area contributed by atoms with Crippen LogP contribution in [-0.4, -0.2) is 67.1 Å². The van der Waals surface area contributed by atoms with Crippen molar-refractivity contribution in [2.75, 3.05) is 34.1 Å². The first-order chi connectivity index (χ1) is 18.4. The number of benzene rings is 2. The molecule has 3 N–H and O–H groups in total. The minimum atomic E-state index is -0.405. The summed E-state index contributed by atoms with van der Waals surface area (Å²) in [5.74, 6) is 2.78. The number of methoxy groups -OCH3 is 1. The Balaban J connectivity index is 1.60. The summed E-state index contributed by atoms with van der Waals surface area (Å²) in [7, 11) is 3.64. The van der Waals surface area contributed by atoms with E-state index >= 15 is 0 Å². The van der Waals surface area contributed by atoms with Crippen LogP contribution in [0.25, 0.3) is 0 Å². The summed E-state index contributed by atoms with van der Waals surface area (Å²) in [6.45, 7) is 8.52. The molecule has 0 spiro atoms. The predicted molar refractivity (Wildman–Crippen MR) is 141 cm³/mol. The number of phenolic OH excluding ortho intramolecular Hbond substituents is 1. The summed E-state index contributed by atoms with van der Waals surface area (Å²) in [4.78, 5) is 4.52. The molecular formula is C29H34N4O5. The fourth-order valence-corrected chi connectivity index (χ4v) is 7.40. The number of nitrogens with zero attached hydrogens (tertiary/aromatic N) is 3. The highest BCUT2D eigenvalue weighted by Gasteiger charge is 2.56. The molecule has 38 heavy (non-hydrogen) atoms. The van der Waals surface area contributed by atoms with Gasteiger partial charge < -0.3 is 29.8 Å². The zero-order valence-corrected chi connectivity index (χ0v) is 22.3. The molecule has 0 radical (unpaired) electrons. The van der Waals surface area contributed by atoms with Gasteiger partial charge >= 0.3 is 0 Å². The number of ether oxygens (including phenoxy) is 4. The molecule has 9 nitrogen and oxygen atoms in total. The maximum absolute atomic E-state index is 11.5. The molecule has 0 saturated carbocycles. The number of fused-ring (bicyclic) bond motifs is 9. The number of phenols is 1. The monoisotopic (exact) mass is 518 g/mol. The molecule has 200 valence electrons. The van der Waals surface area contributed by atoms with Gasteiger partial charge in [-0.3, -0.25) is 9.80 Å². The zero-order valence-electron chi connectivity index (χ0n) is 22.3. The summed E-state index contributed by atoms with van der Waals surface area (Å²) >= 11 is 0. The van der Waals surface area contributed by atoms with Crippen molar-refractivity contribution in [2.24, 2.45) is 5.73 Å². The van der Waals surface area contributed by atoms with Crippen molar-refractivity contribution in [3.05, 3.63) is 52.1 Å². The molecule has 0 amide bonds. The highest BCUT2D eigenvalue weighted by atomic mass is 16.7. The Morgan fingerprint density at radius 1 is 1.21 bits per heavy atom. The molecule has 2 bridgehead atoms. The second-order valence-corrected chi connectivity index (χ2v) is 10.6. The Hall–Kier alpha value is -3.45. The van der Waals surface area contributed by atoms with E-state index < -0.39 is 6.04 Å². The van der Waals surface area contributed by atoms with Crippen molar-refractivity contribution < 1.29 is 24.1 Å². The van der Waals surface area contributed by atoms with Crippen molar-refractivity contribution in [3.8, 4) is 34.8 Å². The van der Waals surface area contributed by atoms with Gasteiger partial charge in [0, 0.05) is 40.9 Å². The molecule has 5 atom stereocenters. The van der Waals surface area contributed by atoms with Crippen LogP contribution >= 0.6 is 0 Å². The van der Waals surface area contributed by atoms with Crippen LogP contribution < -0.4 is 24.7 Å². The maximum Gasteiger partial charge on any atom is 0.231 e. The lowest BCUT2D eigenvalue weighted by atomic mass is 9.71. The molecule has 2 aromatic carbocycles. The van der Waals surface area contributed by atoms with E-state index in [1.54, 1.807) is 13.2 Å². The first-order valence-electron chi connectivity index (χ1n) is 13.0. The summed E-state index contributed by atoms with van der Waals surface area (Å²) in [6.07, 6.45) is 2.96. The minimum Gasteiger partial charge on any atom is -0.504 e. The molecule has 0 aromatic heterocycles. The molecule has 2 aromatic rings. The third-order valence-corrected chi connectivity index (χ3v) is 8.83. The van der Waals surface area contributed by atoms with Crippen LogP contribution in [0, 0.1) is 25.2 Å². The average molecular weight is 519 g/mol. The third kappa shape index (κ3) is 3.20. The normalized spacial score (nSPS) is 27.1. The van der Waals surface area contributed by atoms with Gasteiger partial charge in [0.15, 0.2) is 23.0 Å². The second-order valence-electron chi connectivity index (χ2n) is 10.6. The molecule has 0 aliphatic carbocycles. The summed E-state index contributed by atoms with van der Waals surface area (Å²) in [6, 6.07) is 3.64. The summed E-state index contributed by atoms with van der Waals surface area (Å²) in [5.41, 5.74) is 12.2. The van der Waals surface area contributed by atoms with Crippen LogP contribution in [0.4, 0.5) is 0 Å². The Morgan fingerprint density at radius 2 is 1.97 bits per heavy atom. The van der Waals surface area contributed by atoms with Crippen LogP contribution in [0.5, 0.6) is 28.7 Å². The lowest BCUT2D eigenvalue weighted by molar-refractivity contribution is -0.0710. The lowest BCUT2D eigenvalue weighted by Gasteiger charge is -2.60. The molecule has 4 heterocycles. The van der Waals surface area contributed by atoms with E-state index in [1.165, 1.54) is 0 Å². The molecule has 1 fully saturated rings. The predicted octanol–water partition coefficient (Wildman–Crippen LogP) is 3.04. The van der Waals surface area contributed by atoms with E-state index in [9.17, 15) is 10.4 Å². The quantitative estimate of drug-likeness (QED) is 0.577. The lowest BCUT2D eigenvalue weighted by Crippen LogP contribution is -2.68. The van der Waals surface area contributed by atoms with E-state index in [4.69, 9.17) is 24.7 Å². The number of hydrogen-bond donors (Lipinski definition) is 2. The van der Waals surface area contributed by atoms with Gasteiger partial charge in [-0.25, -0.2) is 0 Å². The van der Waals surface area contributed by atoms with Crippen molar-refractivity contribution in [1.82, 2.24) is 9.80 Å². The molecule has 4 aliphatic rings. The Labute approximate surface area is 222 Å². The van der Waals surface area contributed by atoms with E-state index in [2.05, 4.69) is 35.6 Å². The van der Waals surface area contributed by atoms with Gasteiger partial charge in [-0.15, -0.1) is 0 Å². The number of likely N-dealkylation sites (N-methyl/N-ethyl adjacent to an activating group) is 1. The smallest absolute Gasteiger partial charge is 0.231 e. The molecular weight excluding hydrogens is 484 g/mol. The van der Waals surface area contributed by atoms with Gasteiger partial charge in [0.05, 0.1) is 25.3 Å². The summed E-state index contributed by atoms with van der Waals surface area (Å²) in [5, 5.41) is 22.0. The van der Waals surface area contributed by atoms with E-state index in [0.29, 0.717) is 43.2 Å². The van der Waals surface area contributed by atoms with Gasteiger partial charge in [0.1, 0.15) is 18.4 Å². The minimum absolute atomic E-state index is 0.0660. The molecule has 1 saturated heterocycles. The van der Waals surface area contributed by atoms with Crippen LogP contribution in [0.15, 0.2) is 18.7 Å². The Morgan fingerprint density at radius 3 is 2.66 bits per heavy atom. The summed E-state index contributed by atoms with van der Waals surface area (Å²) < 4.78 is 23.8. The van der Waals surface area contributed by atoms with E-state index in [-0.39, 0.29) is 36.7 Å². The van der Waals surface area contributed by atoms with Crippen molar-refractivity contribution in [1.29, 1.82) is 5.26 Å². The van der Waals surface area contributed by atoms with E-state index in [1.807, 2.05) is 13.8 Å². The van der Waals surface area contributed by atoms with Crippen LogP contribution in [0.3, 0.4) is 0 Å². The number of aromatic hydroxyl groups is 1. The number of rotatable bonds is 5. The molecule has 9 heteroatoms. The zero-order chi connectivity index (χ0) is 26.9. The van der Waals surface area contributed by atoms with Crippen LogP contribution in [-0.2, 0) is 12.8 Å². The number of aryl methyl sites for hydroxylation is 1. The largest absolute Gasteiger partial charge is 0.504 e. The highest BCUT2D eigenvalue weighted by Crippen LogP contribution is 2.58. The fourth-order valence-electron chi connectivity index (χ4n) is 7.40. The number of piperazine rings is 1. The standard InChI is InChI=1S/C29H34N4O5/c1-6-7-36-27-15(3)28-29(38-13-37-28)23-17(27)10-19-24-22-16(8-14(2)26(35-5)25(22)34)9-18(32(24)4)20(11-30)33(19)21(23)12-31/h6,8,18-21,24,34H,1,7,9-10,12-13,31H2,2-5H3/t18?,19-,20-,21?,24?/m0/s1. The number of nitrogens with two attached hydrogens (primary N) is 1. The van der Waals surface area contributed by atoms with Crippen LogP contribution in [0.2, 0.25) is 0 Å². The highest BCUT2D eigenvalue weighted by molar-refractivity contribution is 5.66. The topological polar surface area (TPSA) is 113 Å². The van der Waals surface area contributed by atoms with Gasteiger partial charge in [-0.1, -0.05) is 18.7 Å². The number of hydrogen-bond acceptors (Lipinski definition) is 9. The second kappa shape index (κ2) is 9.09. The van der Waals surface area contributed by atoms with Crippen molar-refractivity contribution in [3.63, 3.8) is 0 Å². The SMILES string of the molecule is C=CCOc1c(C)c2c(c3c1C[C@H]1C4c5c(cc(C)c(OC)c5O)CC([C@H](C#N)N1C3CN)N4C)OCO2. The maximum atomic E-state index is 11.5. The first-order valence-corrected chi connectivity index (χ1v) is 13.0. The molecule has 3 unspecified atom stereocenters. The van der Waals surface area contributed by atoms with Crippen molar-refractivity contribution in [2.45, 2.75) is 56.9 Å². The average Bonchev–Trinajstić information content (AvgIpc) is 3.39. The fraction of sp³-hybridized carbons (Fsp3) is 0.483. The van der Waals surface area contributed by atoms with Crippen molar-refractivity contribution >= 4 is 0 Å². The van der Waals surface area contributed by atoms with Gasteiger partial charge in [0.25, 0.3) is 0 Å². The molecule has 6 rings (SSSR count). The number of nitriles is 1. The van der Waals surface area contributed by atoms with Gasteiger partial charge in [0.2, 0.25) is 6.79 Å². The van der Waals surface area contributed by atoms with Gasteiger partial charge in [-0.2, -0.15) is 5.26 Å². The van der Waals surface area contributed by atoms with E-state index in [0.717, 1.165) is 39.1 Å².